The molecule has 0 fully saturated rings. The number of hydrogen-bond donors (Lipinski definition) is 0. The van der Waals surface area contributed by atoms with Gasteiger partial charge in [0.15, 0.2) is 0 Å². The predicted molar refractivity (Wildman–Crippen MR) is 40.5 cm³/mol. The normalized spacial score (nSPS) is 0. The molecule has 0 aromatic heterocycles. The maximum atomic E-state index is 0. The second-order valence-corrected chi connectivity index (χ2v) is 0. The summed E-state index contributed by atoms with van der Waals surface area (Å²) in [5.41, 5.74) is 0. The Morgan fingerprint density at radius 3 is 0.500 bits per heavy atom. The quantitative estimate of drug-likeness (QED) is 0.506. The SMILES string of the molecule is Cl.Cl.Cl.Cl.[Na].[Si]. The zero-order chi connectivity index (χ0) is 0. The Bertz CT molecular complexity index is 7.51. The summed E-state index contributed by atoms with van der Waals surface area (Å²) in [6.45, 7) is 0. The molecule has 37 valence electrons. The van der Waals surface area contributed by atoms with E-state index in [2.05, 4.69) is 0 Å². The van der Waals surface area contributed by atoms with Gasteiger partial charge in [0.1, 0.15) is 0 Å². The number of hydrogen-bond acceptors (Lipinski definition) is 0. The van der Waals surface area contributed by atoms with Crippen molar-refractivity contribution in [1.82, 2.24) is 0 Å². The maximum Gasteiger partial charge on any atom is 0 e. The summed E-state index contributed by atoms with van der Waals surface area (Å²) >= 11 is 0. The van der Waals surface area contributed by atoms with Crippen LogP contribution in [0.4, 0.5) is 0 Å². The molecule has 0 rings (SSSR count). The average Bonchev–Trinajstić information content (AvgIpc) is 0. The first-order chi connectivity index (χ1) is 0. The van der Waals surface area contributed by atoms with E-state index in [1.807, 2.05) is 0 Å². The molecule has 0 unspecified atom stereocenters. The van der Waals surface area contributed by atoms with Crippen molar-refractivity contribution in [3.05, 3.63) is 0 Å². The molecule has 0 atom stereocenters. The van der Waals surface area contributed by atoms with Crippen molar-refractivity contribution < 1.29 is 0 Å². The van der Waals surface area contributed by atoms with E-state index in [1.54, 1.807) is 0 Å². The van der Waals surface area contributed by atoms with Gasteiger partial charge in [-0.25, -0.2) is 0 Å². The summed E-state index contributed by atoms with van der Waals surface area (Å²) in [6, 6.07) is 0. The van der Waals surface area contributed by atoms with Crippen molar-refractivity contribution in [2.45, 2.75) is 0 Å². The van der Waals surface area contributed by atoms with Crippen LogP contribution in [0.5, 0.6) is 0 Å². The van der Waals surface area contributed by atoms with Crippen molar-refractivity contribution in [3.63, 3.8) is 0 Å². The first-order valence-electron chi connectivity index (χ1n) is 0. The molecule has 0 heterocycles. The van der Waals surface area contributed by atoms with Crippen molar-refractivity contribution in [3.8, 4) is 0 Å². The van der Waals surface area contributed by atoms with Crippen LogP contribution < -0.4 is 0 Å². The van der Waals surface area contributed by atoms with Crippen molar-refractivity contribution in [2.24, 2.45) is 0 Å². The van der Waals surface area contributed by atoms with E-state index < -0.39 is 0 Å². The largest absolute Gasteiger partial charge is 0.147 e. The molecule has 6 heteroatoms. The van der Waals surface area contributed by atoms with Gasteiger partial charge in [-0.15, -0.1) is 49.6 Å². The van der Waals surface area contributed by atoms with Gasteiger partial charge in [-0.3, -0.25) is 0 Å². The minimum absolute atomic E-state index is 0. The zero-order valence-electron chi connectivity index (χ0n) is 3.13. The fourth-order valence-electron chi connectivity index (χ4n) is 0. The molecule has 0 N–H and O–H groups in total. The summed E-state index contributed by atoms with van der Waals surface area (Å²) in [5.74, 6) is 0. The Balaban J connectivity index is 0. The summed E-state index contributed by atoms with van der Waals surface area (Å²) in [6.07, 6.45) is 0. The van der Waals surface area contributed by atoms with Gasteiger partial charge in [0.05, 0.1) is 0 Å². The summed E-state index contributed by atoms with van der Waals surface area (Å²) < 4.78 is 0. The zero-order valence-corrected chi connectivity index (χ0v) is 9.40. The summed E-state index contributed by atoms with van der Waals surface area (Å²) in [4.78, 5) is 0. The third-order valence-electron chi connectivity index (χ3n) is 0. The van der Waals surface area contributed by atoms with Gasteiger partial charge in [0, 0.05) is 40.5 Å². The second kappa shape index (κ2) is 53.1. The molecule has 0 saturated heterocycles. The van der Waals surface area contributed by atoms with Gasteiger partial charge >= 0.3 is 0 Å². The standard InChI is InChI=1S/4ClH.Na.Si/h4*1H;;. The molecule has 0 aromatic rings. The number of rotatable bonds is 0. The molecule has 0 saturated carbocycles. The monoisotopic (exact) mass is 195 g/mol. The Kier molecular flexibility index (Phi) is 714. The van der Waals surface area contributed by atoms with Crippen LogP contribution in [0.1, 0.15) is 0 Å². The summed E-state index contributed by atoms with van der Waals surface area (Å²) in [7, 11) is 0. The van der Waals surface area contributed by atoms with E-state index in [-0.39, 0.29) is 90.2 Å². The molecule has 0 nitrogen and oxygen atoms in total. The second-order valence-electron chi connectivity index (χ2n) is 0. The smallest absolute Gasteiger partial charge is 0 e. The van der Waals surface area contributed by atoms with E-state index in [0.29, 0.717) is 0 Å². The fourth-order valence-corrected chi connectivity index (χ4v) is 0. The molecule has 0 aliphatic rings. The molecule has 6 heavy (non-hydrogen) atoms. The Morgan fingerprint density at radius 1 is 0.500 bits per heavy atom. The van der Waals surface area contributed by atoms with Crippen molar-refractivity contribution in [1.29, 1.82) is 0 Å². The Labute approximate surface area is 89.2 Å². The van der Waals surface area contributed by atoms with Crippen LogP contribution in [0.25, 0.3) is 0 Å². The third-order valence-corrected chi connectivity index (χ3v) is 0. The summed E-state index contributed by atoms with van der Waals surface area (Å²) in [5, 5.41) is 0. The first kappa shape index (κ1) is 80.7. The molecule has 0 amide bonds. The third kappa shape index (κ3) is 32.6. The molecular weight excluding hydrogens is 193 g/mol. The van der Waals surface area contributed by atoms with E-state index in [4.69, 9.17) is 0 Å². The molecule has 0 aromatic carbocycles. The maximum absolute atomic E-state index is 0. The van der Waals surface area contributed by atoms with Gasteiger partial charge in [-0.05, 0) is 0 Å². The first-order valence-corrected chi connectivity index (χ1v) is 0. The molecule has 5 radical (unpaired) electrons. The molecule has 0 aliphatic heterocycles. The number of halogens is 4. The molecule has 0 aliphatic carbocycles. The van der Waals surface area contributed by atoms with Crippen LogP contribution in [0.3, 0.4) is 0 Å². The topological polar surface area (TPSA) is 0 Å². The minimum Gasteiger partial charge on any atom is -0.147 e. The van der Waals surface area contributed by atoms with Crippen molar-refractivity contribution in [2.75, 3.05) is 0 Å². The van der Waals surface area contributed by atoms with Crippen LogP contribution in [-0.4, -0.2) is 40.5 Å². The van der Waals surface area contributed by atoms with Gasteiger partial charge in [0.2, 0.25) is 0 Å². The Hall–Kier alpha value is 2.38. The van der Waals surface area contributed by atoms with E-state index in [9.17, 15) is 0 Å². The van der Waals surface area contributed by atoms with Crippen LogP contribution in [-0.2, 0) is 0 Å². The molecule has 0 spiro atoms. The minimum atomic E-state index is 0. The fraction of sp³-hybridized carbons (Fsp3) is 0. The predicted octanol–water partition coefficient (Wildman–Crippen LogP) is 0.926. The van der Waals surface area contributed by atoms with Crippen molar-refractivity contribution >= 4 is 90.2 Å². The van der Waals surface area contributed by atoms with Gasteiger partial charge in [0.25, 0.3) is 0 Å². The van der Waals surface area contributed by atoms with Gasteiger partial charge in [-0.2, -0.15) is 0 Å². The van der Waals surface area contributed by atoms with E-state index in [0.717, 1.165) is 0 Å². The molecular formula is H4Cl4NaSi. The van der Waals surface area contributed by atoms with Crippen LogP contribution >= 0.6 is 49.6 Å². The van der Waals surface area contributed by atoms with E-state index >= 15 is 0 Å². The van der Waals surface area contributed by atoms with Gasteiger partial charge < -0.3 is 0 Å². The van der Waals surface area contributed by atoms with Crippen LogP contribution in [0.15, 0.2) is 0 Å². The van der Waals surface area contributed by atoms with Crippen LogP contribution in [0.2, 0.25) is 0 Å². The van der Waals surface area contributed by atoms with Gasteiger partial charge in [-0.1, -0.05) is 0 Å². The average molecular weight is 197 g/mol. The molecule has 0 bridgehead atoms. The van der Waals surface area contributed by atoms with E-state index in [1.165, 1.54) is 0 Å². The Morgan fingerprint density at radius 2 is 0.500 bits per heavy atom. The van der Waals surface area contributed by atoms with Crippen LogP contribution in [0, 0.1) is 0 Å².